The van der Waals surface area contributed by atoms with Gasteiger partial charge in [-0.05, 0) is 37.8 Å². The summed E-state index contributed by atoms with van der Waals surface area (Å²) in [6, 6.07) is 4.16. The molecule has 1 aromatic heterocycles. The Kier molecular flexibility index (Phi) is 5.59. The normalized spacial score (nSPS) is 22.6. The van der Waals surface area contributed by atoms with Crippen molar-refractivity contribution >= 4 is 11.6 Å². The topological polar surface area (TPSA) is 58.0 Å². The van der Waals surface area contributed by atoms with Gasteiger partial charge < -0.3 is 10.4 Å². The van der Waals surface area contributed by atoms with Crippen molar-refractivity contribution in [2.24, 2.45) is 5.92 Å². The molecule has 0 spiro atoms. The summed E-state index contributed by atoms with van der Waals surface area (Å²) in [7, 11) is 0. The minimum atomic E-state index is -0.0343. The zero-order chi connectivity index (χ0) is 13.5. The Balaban J connectivity index is 1.72. The van der Waals surface area contributed by atoms with E-state index in [0.717, 1.165) is 37.9 Å². The van der Waals surface area contributed by atoms with E-state index in [1.807, 2.05) is 6.07 Å². The fourth-order valence-electron chi connectivity index (χ4n) is 2.32. The molecule has 0 unspecified atom stereocenters. The van der Waals surface area contributed by atoms with Gasteiger partial charge in [-0.2, -0.15) is 5.10 Å². The van der Waals surface area contributed by atoms with Gasteiger partial charge >= 0.3 is 0 Å². The molecule has 1 aliphatic carbocycles. The van der Waals surface area contributed by atoms with Gasteiger partial charge in [-0.15, -0.1) is 5.10 Å². The van der Waals surface area contributed by atoms with E-state index in [2.05, 4.69) is 27.4 Å². The zero-order valence-electron chi connectivity index (χ0n) is 10.8. The number of aromatic nitrogens is 2. The lowest BCUT2D eigenvalue weighted by atomic mass is 9.86. The van der Waals surface area contributed by atoms with E-state index >= 15 is 0 Å². The van der Waals surface area contributed by atoms with Crippen molar-refractivity contribution < 1.29 is 5.11 Å². The molecule has 1 saturated carbocycles. The van der Waals surface area contributed by atoms with Gasteiger partial charge in [0.2, 0.25) is 0 Å². The lowest BCUT2D eigenvalue weighted by molar-refractivity contribution is 0.329. The molecule has 0 bridgehead atoms. The molecule has 0 saturated heterocycles. The highest BCUT2D eigenvalue weighted by atomic mass is 35.5. The second kappa shape index (κ2) is 7.44. The molecule has 0 amide bonds. The third kappa shape index (κ3) is 4.79. The number of hydrogen-bond acceptors (Lipinski definition) is 4. The summed E-state index contributed by atoms with van der Waals surface area (Å²) in [6.07, 6.45) is 4.42. The Hall–Kier alpha value is -1.15. The van der Waals surface area contributed by atoms with Crippen LogP contribution < -0.4 is 5.32 Å². The number of nitrogens with zero attached hydrogens (tertiary/aromatic N) is 2. The van der Waals surface area contributed by atoms with Gasteiger partial charge in [0.25, 0.3) is 0 Å². The molecule has 1 fully saturated rings. The van der Waals surface area contributed by atoms with Crippen molar-refractivity contribution in [2.75, 3.05) is 6.61 Å². The Morgan fingerprint density at radius 2 is 2.05 bits per heavy atom. The molecule has 1 aliphatic rings. The highest BCUT2D eigenvalue weighted by Gasteiger charge is 2.19. The first-order valence-corrected chi connectivity index (χ1v) is 6.96. The van der Waals surface area contributed by atoms with Crippen LogP contribution in [-0.4, -0.2) is 28.0 Å². The minimum Gasteiger partial charge on any atom is -0.384 e. The third-order valence-corrected chi connectivity index (χ3v) is 3.57. The summed E-state index contributed by atoms with van der Waals surface area (Å²) in [5.74, 6) is 6.30. The maximum Gasteiger partial charge on any atom is 0.151 e. The lowest BCUT2D eigenvalue weighted by Gasteiger charge is -2.26. The summed E-state index contributed by atoms with van der Waals surface area (Å²) in [5.41, 5.74) is 0.909. The fourth-order valence-corrected chi connectivity index (χ4v) is 2.42. The smallest absolute Gasteiger partial charge is 0.151 e. The molecule has 4 nitrogen and oxygen atoms in total. The van der Waals surface area contributed by atoms with Crippen LogP contribution in [-0.2, 0) is 6.54 Å². The Bertz CT molecular complexity index is 444. The molecule has 19 heavy (non-hydrogen) atoms. The van der Waals surface area contributed by atoms with Gasteiger partial charge in [0.1, 0.15) is 6.61 Å². The van der Waals surface area contributed by atoms with Crippen molar-refractivity contribution in [3.8, 4) is 11.8 Å². The number of nitrogens with one attached hydrogen (secondary N) is 1. The van der Waals surface area contributed by atoms with Crippen LogP contribution in [0, 0.1) is 17.8 Å². The Morgan fingerprint density at radius 1 is 1.26 bits per heavy atom. The predicted octanol–water partition coefficient (Wildman–Crippen LogP) is 1.77. The van der Waals surface area contributed by atoms with Crippen LogP contribution in [0.4, 0.5) is 0 Å². The largest absolute Gasteiger partial charge is 0.384 e. The van der Waals surface area contributed by atoms with Crippen molar-refractivity contribution in [1.82, 2.24) is 15.5 Å². The molecule has 0 aliphatic heterocycles. The zero-order valence-corrected chi connectivity index (χ0v) is 11.5. The van der Waals surface area contributed by atoms with E-state index in [4.69, 9.17) is 16.7 Å². The van der Waals surface area contributed by atoms with Crippen LogP contribution in [0.3, 0.4) is 0 Å². The first-order chi connectivity index (χ1) is 9.28. The van der Waals surface area contributed by atoms with Crippen LogP contribution >= 0.6 is 11.6 Å². The summed E-state index contributed by atoms with van der Waals surface area (Å²) in [4.78, 5) is 0. The van der Waals surface area contributed by atoms with Gasteiger partial charge in [-0.1, -0.05) is 23.4 Å². The molecular formula is C14H18ClN3O. The van der Waals surface area contributed by atoms with Gasteiger partial charge in [0.05, 0.1) is 5.69 Å². The number of aliphatic hydroxyl groups excluding tert-OH is 1. The number of rotatable bonds is 3. The van der Waals surface area contributed by atoms with E-state index in [1.165, 1.54) is 0 Å². The van der Waals surface area contributed by atoms with Crippen LogP contribution in [0.1, 0.15) is 31.4 Å². The molecule has 2 N–H and O–H groups in total. The van der Waals surface area contributed by atoms with E-state index in [1.54, 1.807) is 6.07 Å². The highest BCUT2D eigenvalue weighted by molar-refractivity contribution is 6.29. The molecule has 1 heterocycles. The van der Waals surface area contributed by atoms with Gasteiger partial charge in [0, 0.05) is 18.5 Å². The van der Waals surface area contributed by atoms with Crippen LogP contribution in [0.15, 0.2) is 12.1 Å². The van der Waals surface area contributed by atoms with Crippen molar-refractivity contribution in [3.05, 3.63) is 23.0 Å². The van der Waals surface area contributed by atoms with E-state index in [9.17, 15) is 0 Å². The van der Waals surface area contributed by atoms with Gasteiger partial charge in [0.15, 0.2) is 5.15 Å². The molecule has 1 aromatic rings. The highest BCUT2D eigenvalue weighted by Crippen LogP contribution is 2.23. The van der Waals surface area contributed by atoms with Gasteiger partial charge in [-0.25, -0.2) is 0 Å². The lowest BCUT2D eigenvalue weighted by Crippen LogP contribution is -2.32. The average molecular weight is 280 g/mol. The molecular weight excluding hydrogens is 262 g/mol. The standard InChI is InChI=1S/C14H18ClN3O/c15-14-8-7-13(17-18-14)10-16-12-5-3-11(4-6-12)2-1-9-19/h7-8,11-12,16,19H,3-6,9-10H2. The maximum atomic E-state index is 8.67. The van der Waals surface area contributed by atoms with Crippen LogP contribution in [0.25, 0.3) is 0 Å². The summed E-state index contributed by atoms with van der Waals surface area (Å²) < 4.78 is 0. The summed E-state index contributed by atoms with van der Waals surface area (Å²) in [6.45, 7) is 0.690. The second-order valence-electron chi connectivity index (χ2n) is 4.76. The van der Waals surface area contributed by atoms with Crippen molar-refractivity contribution in [2.45, 2.75) is 38.3 Å². The second-order valence-corrected chi connectivity index (χ2v) is 5.14. The first-order valence-electron chi connectivity index (χ1n) is 6.58. The Morgan fingerprint density at radius 3 is 2.68 bits per heavy atom. The summed E-state index contributed by atoms with van der Waals surface area (Å²) in [5, 5.41) is 20.4. The molecule has 0 radical (unpaired) electrons. The molecule has 0 aromatic carbocycles. The molecule has 0 atom stereocenters. The van der Waals surface area contributed by atoms with Gasteiger partial charge in [-0.3, -0.25) is 0 Å². The fraction of sp³-hybridized carbons (Fsp3) is 0.571. The SMILES string of the molecule is OCC#CC1CCC(NCc2ccc(Cl)nn2)CC1. The monoisotopic (exact) mass is 279 g/mol. The van der Waals surface area contributed by atoms with Crippen molar-refractivity contribution in [1.29, 1.82) is 0 Å². The predicted molar refractivity (Wildman–Crippen MR) is 74.5 cm³/mol. The quantitative estimate of drug-likeness (QED) is 0.828. The maximum absolute atomic E-state index is 8.67. The average Bonchev–Trinajstić information content (AvgIpc) is 2.46. The number of hydrogen-bond donors (Lipinski definition) is 2. The van der Waals surface area contributed by atoms with Crippen molar-refractivity contribution in [3.63, 3.8) is 0 Å². The van der Waals surface area contributed by atoms with E-state index < -0.39 is 0 Å². The van der Waals surface area contributed by atoms with E-state index in [-0.39, 0.29) is 6.61 Å². The van der Waals surface area contributed by atoms with Crippen LogP contribution in [0.2, 0.25) is 5.15 Å². The summed E-state index contributed by atoms with van der Waals surface area (Å²) >= 11 is 5.69. The molecule has 5 heteroatoms. The molecule has 102 valence electrons. The third-order valence-electron chi connectivity index (χ3n) is 3.37. The van der Waals surface area contributed by atoms with Crippen LogP contribution in [0.5, 0.6) is 0 Å². The first kappa shape index (κ1) is 14.3. The minimum absolute atomic E-state index is 0.0343. The van der Waals surface area contributed by atoms with E-state index in [0.29, 0.717) is 17.1 Å². The Labute approximate surface area is 118 Å². The number of aliphatic hydroxyl groups is 1. The molecule has 2 rings (SSSR count). The number of halogens is 1.